The van der Waals surface area contributed by atoms with Gasteiger partial charge < -0.3 is 4.90 Å². The third-order valence-electron chi connectivity index (χ3n) is 3.95. The predicted molar refractivity (Wildman–Crippen MR) is 86.1 cm³/mol. The fourth-order valence-electron chi connectivity index (χ4n) is 2.58. The van der Waals surface area contributed by atoms with Gasteiger partial charge in [0.1, 0.15) is 6.04 Å². The van der Waals surface area contributed by atoms with Crippen molar-refractivity contribution in [3.8, 4) is 0 Å². The Bertz CT molecular complexity index is 768. The molecule has 0 fully saturated rings. The molecule has 0 saturated heterocycles. The van der Waals surface area contributed by atoms with Gasteiger partial charge in [0.15, 0.2) is 5.69 Å². The zero-order valence-electron chi connectivity index (χ0n) is 14.3. The first-order valence-corrected chi connectivity index (χ1v) is 8.03. The summed E-state index contributed by atoms with van der Waals surface area (Å²) < 4.78 is 41.6. The number of aromatic nitrogens is 4. The van der Waals surface area contributed by atoms with Gasteiger partial charge in [-0.25, -0.2) is 0 Å². The first-order valence-electron chi connectivity index (χ1n) is 7.65. The van der Waals surface area contributed by atoms with Gasteiger partial charge in [0.25, 0.3) is 0 Å². The van der Waals surface area contributed by atoms with Crippen LogP contribution in [0, 0.1) is 6.92 Å². The first kappa shape index (κ1) is 19.3. The van der Waals surface area contributed by atoms with Crippen LogP contribution in [0.15, 0.2) is 12.3 Å². The molecular formula is C15H19ClF3N5O. The smallest absolute Gasteiger partial charge is 0.338 e. The van der Waals surface area contributed by atoms with Crippen LogP contribution in [-0.2, 0) is 24.1 Å². The number of alkyl halides is 3. The highest BCUT2D eigenvalue weighted by Crippen LogP contribution is 2.36. The minimum absolute atomic E-state index is 0.0989. The Morgan fingerprint density at radius 2 is 2.08 bits per heavy atom. The second-order valence-corrected chi connectivity index (χ2v) is 6.08. The minimum atomic E-state index is -4.67. The number of likely N-dealkylation sites (N-methyl/N-ethyl adjacent to an activating group) is 1. The summed E-state index contributed by atoms with van der Waals surface area (Å²) in [7, 11) is 1.58. The van der Waals surface area contributed by atoms with E-state index in [1.54, 1.807) is 24.0 Å². The van der Waals surface area contributed by atoms with E-state index >= 15 is 0 Å². The molecule has 0 saturated carbocycles. The molecule has 0 aliphatic carbocycles. The summed E-state index contributed by atoms with van der Waals surface area (Å²) in [6, 6.07) is 0.868. The van der Waals surface area contributed by atoms with E-state index in [0.29, 0.717) is 6.54 Å². The van der Waals surface area contributed by atoms with Crippen molar-refractivity contribution >= 4 is 17.5 Å². The highest BCUT2D eigenvalue weighted by Gasteiger charge is 2.39. The number of halogens is 4. The lowest BCUT2D eigenvalue weighted by molar-refractivity contribution is -0.142. The number of carbonyl (C=O) groups is 1. The Morgan fingerprint density at radius 1 is 1.44 bits per heavy atom. The van der Waals surface area contributed by atoms with E-state index in [0.717, 1.165) is 10.4 Å². The molecule has 2 aromatic heterocycles. The van der Waals surface area contributed by atoms with Crippen molar-refractivity contribution in [1.82, 2.24) is 24.5 Å². The average Bonchev–Trinajstić information content (AvgIpc) is 3.10. The average molecular weight is 378 g/mol. The van der Waals surface area contributed by atoms with E-state index < -0.39 is 22.9 Å². The molecule has 0 bridgehead atoms. The Balaban J connectivity index is 2.22. The van der Waals surface area contributed by atoms with Crippen LogP contribution in [0.25, 0.3) is 0 Å². The maximum absolute atomic E-state index is 12.9. The van der Waals surface area contributed by atoms with Crippen LogP contribution in [0.3, 0.4) is 0 Å². The summed E-state index contributed by atoms with van der Waals surface area (Å²) in [5, 5.41) is 7.15. The van der Waals surface area contributed by atoms with Crippen molar-refractivity contribution in [2.75, 3.05) is 7.05 Å². The molecule has 2 aromatic rings. The molecule has 2 heterocycles. The molecule has 1 amide bonds. The van der Waals surface area contributed by atoms with Gasteiger partial charge in [0.2, 0.25) is 5.91 Å². The number of carbonyl (C=O) groups excluding carboxylic acids is 1. The SMILES string of the molecule is CCn1nccc1CN(C)C(=O)C(C)n1nc(C(F)(F)F)c(Cl)c1C. The Hall–Kier alpha value is -2.03. The molecule has 0 spiro atoms. The van der Waals surface area contributed by atoms with Crippen LogP contribution in [0.5, 0.6) is 0 Å². The van der Waals surface area contributed by atoms with Crippen molar-refractivity contribution < 1.29 is 18.0 Å². The third-order valence-corrected chi connectivity index (χ3v) is 4.40. The number of hydrogen-bond acceptors (Lipinski definition) is 3. The number of rotatable bonds is 5. The summed E-state index contributed by atoms with van der Waals surface area (Å²) in [6.45, 7) is 5.77. The molecule has 2 rings (SSSR count). The number of nitrogens with zero attached hydrogens (tertiary/aromatic N) is 5. The summed E-state index contributed by atoms with van der Waals surface area (Å²) in [4.78, 5) is 14.0. The van der Waals surface area contributed by atoms with E-state index in [1.165, 1.54) is 18.7 Å². The van der Waals surface area contributed by atoms with Crippen LogP contribution in [-0.4, -0.2) is 37.4 Å². The van der Waals surface area contributed by atoms with Crippen LogP contribution < -0.4 is 0 Å². The van der Waals surface area contributed by atoms with Crippen LogP contribution in [0.4, 0.5) is 13.2 Å². The lowest BCUT2D eigenvalue weighted by Gasteiger charge is -2.22. The molecule has 0 aromatic carbocycles. The van der Waals surface area contributed by atoms with E-state index in [9.17, 15) is 18.0 Å². The summed E-state index contributed by atoms with van der Waals surface area (Å²) in [6.07, 6.45) is -3.04. The second kappa shape index (κ2) is 7.07. The Kier molecular flexibility index (Phi) is 5.46. The molecule has 0 aliphatic heterocycles. The van der Waals surface area contributed by atoms with Crippen LogP contribution in [0.2, 0.25) is 5.02 Å². The molecule has 25 heavy (non-hydrogen) atoms. The number of amides is 1. The van der Waals surface area contributed by atoms with Crippen molar-refractivity contribution in [2.45, 2.75) is 46.1 Å². The van der Waals surface area contributed by atoms with E-state index in [1.807, 2.05) is 6.92 Å². The monoisotopic (exact) mass is 377 g/mol. The molecule has 6 nitrogen and oxygen atoms in total. The van der Waals surface area contributed by atoms with E-state index in [2.05, 4.69) is 10.2 Å². The normalized spacial score (nSPS) is 13.1. The highest BCUT2D eigenvalue weighted by atomic mass is 35.5. The molecule has 138 valence electrons. The molecule has 0 aliphatic rings. The third kappa shape index (κ3) is 3.81. The van der Waals surface area contributed by atoms with Crippen molar-refractivity contribution in [3.05, 3.63) is 34.4 Å². The Morgan fingerprint density at radius 3 is 2.60 bits per heavy atom. The van der Waals surface area contributed by atoms with Crippen LogP contribution >= 0.6 is 11.6 Å². The molecule has 1 atom stereocenters. The van der Waals surface area contributed by atoms with Crippen molar-refractivity contribution in [2.24, 2.45) is 0 Å². The van der Waals surface area contributed by atoms with Gasteiger partial charge in [-0.2, -0.15) is 23.4 Å². The number of aryl methyl sites for hydroxylation is 1. The van der Waals surface area contributed by atoms with Gasteiger partial charge in [0.05, 0.1) is 23.0 Å². The topological polar surface area (TPSA) is 56.0 Å². The van der Waals surface area contributed by atoms with Gasteiger partial charge >= 0.3 is 6.18 Å². The fraction of sp³-hybridized carbons (Fsp3) is 0.533. The zero-order chi connectivity index (χ0) is 18.9. The quantitative estimate of drug-likeness (QED) is 0.803. The molecular weight excluding hydrogens is 359 g/mol. The minimum Gasteiger partial charge on any atom is -0.338 e. The van der Waals surface area contributed by atoms with Gasteiger partial charge in [-0.1, -0.05) is 11.6 Å². The van der Waals surface area contributed by atoms with Crippen LogP contribution in [0.1, 0.15) is 37.0 Å². The summed E-state index contributed by atoms with van der Waals surface area (Å²) in [5.74, 6) is -0.375. The first-order chi connectivity index (χ1) is 11.6. The summed E-state index contributed by atoms with van der Waals surface area (Å²) in [5.41, 5.74) is -0.253. The van der Waals surface area contributed by atoms with Gasteiger partial charge in [0, 0.05) is 19.8 Å². The largest absolute Gasteiger partial charge is 0.436 e. The predicted octanol–water partition coefficient (Wildman–Crippen LogP) is 3.30. The maximum Gasteiger partial charge on any atom is 0.436 e. The highest BCUT2D eigenvalue weighted by molar-refractivity contribution is 6.32. The maximum atomic E-state index is 12.9. The second-order valence-electron chi connectivity index (χ2n) is 5.70. The van der Waals surface area contributed by atoms with Crippen molar-refractivity contribution in [3.63, 3.8) is 0 Å². The zero-order valence-corrected chi connectivity index (χ0v) is 15.1. The Labute approximate surface area is 148 Å². The van der Waals surface area contributed by atoms with Gasteiger partial charge in [-0.3, -0.25) is 14.2 Å². The standard InChI is InChI=1S/C15H19ClF3N5O/c1-5-23-11(6-7-20-23)8-22(4)14(25)10(3)24-9(2)12(16)13(21-24)15(17,18)19/h6-7,10H,5,8H2,1-4H3. The summed E-state index contributed by atoms with van der Waals surface area (Å²) >= 11 is 5.74. The molecule has 10 heteroatoms. The lowest BCUT2D eigenvalue weighted by atomic mass is 10.2. The van der Waals surface area contributed by atoms with Gasteiger partial charge in [-0.15, -0.1) is 0 Å². The van der Waals surface area contributed by atoms with Crippen molar-refractivity contribution in [1.29, 1.82) is 0 Å². The number of hydrogen-bond donors (Lipinski definition) is 0. The molecule has 0 N–H and O–H groups in total. The molecule has 0 radical (unpaired) electrons. The van der Waals surface area contributed by atoms with E-state index in [4.69, 9.17) is 11.6 Å². The fourth-order valence-corrected chi connectivity index (χ4v) is 2.81. The van der Waals surface area contributed by atoms with E-state index in [-0.39, 0.29) is 18.1 Å². The lowest BCUT2D eigenvalue weighted by Crippen LogP contribution is -2.34. The molecule has 1 unspecified atom stereocenters. The van der Waals surface area contributed by atoms with Gasteiger partial charge in [-0.05, 0) is 26.8 Å².